The van der Waals surface area contributed by atoms with Gasteiger partial charge in [0.2, 0.25) is 0 Å². The van der Waals surface area contributed by atoms with E-state index in [1.54, 1.807) is 28.5 Å². The molecule has 0 atom stereocenters. The van der Waals surface area contributed by atoms with Crippen molar-refractivity contribution in [2.24, 2.45) is 0 Å². The van der Waals surface area contributed by atoms with E-state index in [9.17, 15) is 9.59 Å². The van der Waals surface area contributed by atoms with Gasteiger partial charge in [-0.15, -0.1) is 22.7 Å². The molecule has 0 radical (unpaired) electrons. The molecule has 32 heavy (non-hydrogen) atoms. The zero-order chi connectivity index (χ0) is 22.9. The quantitative estimate of drug-likeness (QED) is 0.418. The van der Waals surface area contributed by atoms with Crippen LogP contribution in [0.3, 0.4) is 0 Å². The Morgan fingerprint density at radius 1 is 1.16 bits per heavy atom. The van der Waals surface area contributed by atoms with Gasteiger partial charge < -0.3 is 20.9 Å². The molecule has 0 unspecified atom stereocenters. The van der Waals surface area contributed by atoms with Gasteiger partial charge in [0.1, 0.15) is 5.69 Å². The number of ketones is 1. The maximum atomic E-state index is 12.8. The summed E-state index contributed by atoms with van der Waals surface area (Å²) in [5.41, 5.74) is 8.63. The molecule has 3 rings (SSSR count). The highest BCUT2D eigenvalue weighted by Gasteiger charge is 2.16. The molecular weight excluding hydrogens is 442 g/mol. The summed E-state index contributed by atoms with van der Waals surface area (Å²) in [5.74, 6) is -0.0718. The van der Waals surface area contributed by atoms with E-state index >= 15 is 0 Å². The van der Waals surface area contributed by atoms with E-state index in [1.807, 2.05) is 47.3 Å². The van der Waals surface area contributed by atoms with Gasteiger partial charge in [0.05, 0.1) is 0 Å². The van der Waals surface area contributed by atoms with Crippen LogP contribution in [0.1, 0.15) is 26.5 Å². The number of carbonyl (C=O) groups is 2. The molecule has 3 heterocycles. The van der Waals surface area contributed by atoms with Crippen LogP contribution >= 0.6 is 22.7 Å². The fourth-order valence-corrected chi connectivity index (χ4v) is 4.53. The summed E-state index contributed by atoms with van der Waals surface area (Å²) in [6, 6.07) is 7.57. The smallest absolute Gasteiger partial charge is 0.317 e. The third-order valence-electron chi connectivity index (χ3n) is 4.94. The first-order valence-electron chi connectivity index (χ1n) is 10.4. The molecule has 0 aliphatic carbocycles. The maximum absolute atomic E-state index is 12.8. The largest absolute Gasteiger partial charge is 0.398 e. The van der Waals surface area contributed by atoms with Crippen LogP contribution in [0.5, 0.6) is 0 Å². The zero-order valence-corrected chi connectivity index (χ0v) is 20.0. The second-order valence-electron chi connectivity index (χ2n) is 7.79. The summed E-state index contributed by atoms with van der Waals surface area (Å²) < 4.78 is 0. The van der Waals surface area contributed by atoms with Crippen molar-refractivity contribution >= 4 is 40.2 Å². The van der Waals surface area contributed by atoms with E-state index in [0.717, 1.165) is 24.1 Å². The Labute approximate surface area is 196 Å². The molecule has 0 aliphatic rings. The number of likely N-dealkylation sites (N-methyl/N-ethyl adjacent to an activating group) is 1. The SMILES string of the molecule is CN(C)CCN(Cc1ccc(C(=O)Cc2cscc2N)nc1)C(=O)NCCc1cccs1. The first-order valence-corrected chi connectivity index (χ1v) is 12.2. The second kappa shape index (κ2) is 11.8. The van der Waals surface area contributed by atoms with Crippen LogP contribution in [0.4, 0.5) is 10.5 Å². The predicted octanol–water partition coefficient (Wildman–Crippen LogP) is 3.53. The third kappa shape index (κ3) is 7.15. The molecule has 0 saturated carbocycles. The molecule has 0 fully saturated rings. The molecule has 9 heteroatoms. The van der Waals surface area contributed by atoms with Gasteiger partial charge in [0, 0.05) is 54.7 Å². The Kier molecular flexibility index (Phi) is 8.78. The third-order valence-corrected chi connectivity index (χ3v) is 6.69. The summed E-state index contributed by atoms with van der Waals surface area (Å²) in [4.78, 5) is 34.7. The van der Waals surface area contributed by atoms with Crippen molar-refractivity contribution in [1.29, 1.82) is 0 Å². The molecule has 2 amide bonds. The highest BCUT2D eigenvalue weighted by Crippen LogP contribution is 2.19. The van der Waals surface area contributed by atoms with E-state index in [2.05, 4.69) is 16.4 Å². The minimum atomic E-state index is -0.100. The molecule has 3 aromatic heterocycles. The number of nitrogens with zero attached hydrogens (tertiary/aromatic N) is 3. The van der Waals surface area contributed by atoms with Gasteiger partial charge in [0.15, 0.2) is 5.78 Å². The Bertz CT molecular complexity index is 1000. The van der Waals surface area contributed by atoms with Crippen LogP contribution in [-0.4, -0.2) is 60.3 Å². The maximum Gasteiger partial charge on any atom is 0.317 e. The summed E-state index contributed by atoms with van der Waals surface area (Å²) in [6.07, 6.45) is 2.73. The Morgan fingerprint density at radius 3 is 2.62 bits per heavy atom. The van der Waals surface area contributed by atoms with Crippen molar-refractivity contribution in [1.82, 2.24) is 20.1 Å². The zero-order valence-electron chi connectivity index (χ0n) is 18.4. The lowest BCUT2D eigenvalue weighted by molar-refractivity contribution is 0.0988. The molecule has 0 aliphatic heterocycles. The van der Waals surface area contributed by atoms with Crippen LogP contribution in [-0.2, 0) is 19.4 Å². The van der Waals surface area contributed by atoms with Crippen LogP contribution in [0.2, 0.25) is 0 Å². The van der Waals surface area contributed by atoms with Crippen molar-refractivity contribution < 1.29 is 9.59 Å². The lowest BCUT2D eigenvalue weighted by Gasteiger charge is -2.25. The molecular formula is C23H29N5O2S2. The van der Waals surface area contributed by atoms with Crippen molar-refractivity contribution in [3.8, 4) is 0 Å². The monoisotopic (exact) mass is 471 g/mol. The number of Topliss-reactive ketones (excluding diaryl/α,β-unsaturated/α-hetero) is 1. The number of hydrogen-bond acceptors (Lipinski definition) is 7. The number of amides is 2. The van der Waals surface area contributed by atoms with Crippen molar-refractivity contribution in [2.75, 3.05) is 39.5 Å². The van der Waals surface area contributed by atoms with Gasteiger partial charge >= 0.3 is 6.03 Å². The van der Waals surface area contributed by atoms with Crippen molar-refractivity contribution in [3.05, 3.63) is 68.3 Å². The first-order chi connectivity index (χ1) is 15.4. The number of anilines is 1. The summed E-state index contributed by atoms with van der Waals surface area (Å²) in [6.45, 7) is 2.37. The van der Waals surface area contributed by atoms with Gasteiger partial charge in [-0.25, -0.2) is 4.79 Å². The van der Waals surface area contributed by atoms with Crippen LogP contribution in [0.25, 0.3) is 0 Å². The van der Waals surface area contributed by atoms with E-state index in [-0.39, 0.29) is 18.2 Å². The highest BCUT2D eigenvalue weighted by atomic mass is 32.1. The number of hydrogen-bond donors (Lipinski definition) is 2. The minimum absolute atomic E-state index is 0.0718. The first kappa shape index (κ1) is 23.9. The van der Waals surface area contributed by atoms with Crippen molar-refractivity contribution in [2.45, 2.75) is 19.4 Å². The Balaban J connectivity index is 1.58. The Morgan fingerprint density at radius 2 is 2.00 bits per heavy atom. The molecule has 0 bridgehead atoms. The average Bonchev–Trinajstić information content (AvgIpc) is 3.43. The van der Waals surface area contributed by atoms with Crippen LogP contribution in [0, 0.1) is 0 Å². The summed E-state index contributed by atoms with van der Waals surface area (Å²) in [5, 5.41) is 8.77. The summed E-state index contributed by atoms with van der Waals surface area (Å²) in [7, 11) is 3.96. The standard InChI is InChI=1S/C23H29N5O2S2/c1-27(2)9-10-28(23(30)25-8-7-19-4-3-11-32-19)14-17-5-6-21(26-13-17)22(29)12-18-15-31-16-20(18)24/h3-6,11,13,15-16H,7-10,12,14,24H2,1-2H3,(H,25,30). The normalized spacial score (nSPS) is 11.0. The minimum Gasteiger partial charge on any atom is -0.398 e. The number of thiophene rings is 2. The molecule has 3 aromatic rings. The number of pyridine rings is 1. The lowest BCUT2D eigenvalue weighted by Crippen LogP contribution is -2.43. The topological polar surface area (TPSA) is 91.6 Å². The molecule has 3 N–H and O–H groups in total. The van der Waals surface area contributed by atoms with Crippen molar-refractivity contribution in [3.63, 3.8) is 0 Å². The lowest BCUT2D eigenvalue weighted by atomic mass is 10.1. The number of nitrogens with two attached hydrogens (primary N) is 1. The van der Waals surface area contributed by atoms with Gasteiger partial charge in [-0.1, -0.05) is 12.1 Å². The molecule has 7 nitrogen and oxygen atoms in total. The van der Waals surface area contributed by atoms with Gasteiger partial charge in [-0.05, 0) is 54.5 Å². The fraction of sp³-hybridized carbons (Fsp3) is 0.348. The van der Waals surface area contributed by atoms with E-state index in [1.165, 1.54) is 16.2 Å². The van der Waals surface area contributed by atoms with E-state index in [4.69, 9.17) is 5.73 Å². The molecule has 170 valence electrons. The fourth-order valence-electron chi connectivity index (χ4n) is 3.08. The van der Waals surface area contributed by atoms with E-state index < -0.39 is 0 Å². The van der Waals surface area contributed by atoms with Gasteiger partial charge in [-0.2, -0.15) is 0 Å². The number of nitrogen functional groups attached to an aromatic ring is 1. The van der Waals surface area contributed by atoms with Crippen LogP contribution in [0.15, 0.2) is 46.6 Å². The number of urea groups is 1. The second-order valence-corrected chi connectivity index (χ2v) is 9.57. The number of aromatic nitrogens is 1. The average molecular weight is 472 g/mol. The molecule has 0 spiro atoms. The van der Waals surface area contributed by atoms with Gasteiger partial charge in [-0.3, -0.25) is 9.78 Å². The molecule has 0 aromatic carbocycles. The number of nitrogens with one attached hydrogen (secondary N) is 1. The predicted molar refractivity (Wildman–Crippen MR) is 131 cm³/mol. The number of rotatable bonds is 11. The van der Waals surface area contributed by atoms with Gasteiger partial charge in [0.25, 0.3) is 0 Å². The van der Waals surface area contributed by atoms with E-state index in [0.29, 0.717) is 31.0 Å². The highest BCUT2D eigenvalue weighted by molar-refractivity contribution is 7.09. The van der Waals surface area contributed by atoms with Crippen LogP contribution < -0.4 is 11.1 Å². The number of carbonyl (C=O) groups excluding carboxylic acids is 2. The summed E-state index contributed by atoms with van der Waals surface area (Å²) >= 11 is 3.17. The Hall–Kier alpha value is -2.75. The molecule has 0 saturated heterocycles.